The van der Waals surface area contributed by atoms with E-state index in [1.807, 2.05) is 5.32 Å². The first-order valence-corrected chi connectivity index (χ1v) is 14.0. The van der Waals surface area contributed by atoms with Gasteiger partial charge in [0.05, 0.1) is 31.8 Å². The Balaban J connectivity index is 5.89. The highest BCUT2D eigenvalue weighted by Crippen LogP contribution is 2.03. The zero-order chi connectivity index (χ0) is 36.6. The zero-order valence-electron chi connectivity index (χ0n) is 25.8. The minimum atomic E-state index is -1.83. The molecule has 0 spiro atoms. The van der Waals surface area contributed by atoms with Gasteiger partial charge in [-0.05, 0) is 27.2 Å². The summed E-state index contributed by atoms with van der Waals surface area (Å²) in [5.41, 5.74) is 15.8. The molecule has 47 heavy (non-hydrogen) atoms. The molecule has 0 aliphatic carbocycles. The van der Waals surface area contributed by atoms with Crippen LogP contribution in [0.25, 0.3) is 0 Å². The number of nitrogens with two attached hydrogens (primary N) is 3. The second-order valence-corrected chi connectivity index (χ2v) is 10.4. The van der Waals surface area contributed by atoms with Gasteiger partial charge < -0.3 is 69.5 Å². The summed E-state index contributed by atoms with van der Waals surface area (Å²) in [5.74, 6) is -10.1. The van der Waals surface area contributed by atoms with Gasteiger partial charge in [-0.25, -0.2) is 4.79 Å². The van der Waals surface area contributed by atoms with E-state index in [-0.39, 0.29) is 0 Å². The number of carbonyl (C=O) groups excluding carboxylic acids is 8. The average molecular weight is 678 g/mol. The molecule has 0 radical (unpaired) electrons. The molecule has 266 valence electrons. The third-order valence-corrected chi connectivity index (χ3v) is 6.19. The molecule has 16 N–H and O–H groups in total. The Morgan fingerprint density at radius 1 is 0.596 bits per heavy atom. The highest BCUT2D eigenvalue weighted by molar-refractivity contribution is 5.98. The molecule has 0 aromatic carbocycles. The van der Waals surface area contributed by atoms with Gasteiger partial charge in [0.25, 0.3) is 0 Å². The molecular formula is C25H43N9O13. The van der Waals surface area contributed by atoms with E-state index >= 15 is 0 Å². The molecule has 0 aromatic rings. The summed E-state index contributed by atoms with van der Waals surface area (Å²) in [6.07, 6.45) is -3.28. The van der Waals surface area contributed by atoms with Crippen molar-refractivity contribution in [3.8, 4) is 0 Å². The summed E-state index contributed by atoms with van der Waals surface area (Å²) in [7, 11) is 0. The van der Waals surface area contributed by atoms with Crippen LogP contribution in [-0.4, -0.2) is 135 Å². The summed E-state index contributed by atoms with van der Waals surface area (Å²) < 4.78 is 0. The predicted molar refractivity (Wildman–Crippen MR) is 157 cm³/mol. The van der Waals surface area contributed by atoms with Crippen molar-refractivity contribution < 1.29 is 63.6 Å². The third kappa shape index (κ3) is 15.3. The summed E-state index contributed by atoms with van der Waals surface area (Å²) >= 11 is 0. The Hall–Kier alpha value is -4.93. The SMILES string of the molecule is C[C@H](N)C(=O)N[C@H](C(=O)N[C@@H](CO)C(=O)N[C@@H](CC(N)=O)C(=O)N[C@@H](CCC(N)=O)C(=O)N[C@@H](C)C(=O)N[C@@H](CO)C(=O)O)[C@@H](C)O. The number of aliphatic carboxylic acids is 1. The normalized spacial score (nSPS) is 15.9. The third-order valence-electron chi connectivity index (χ3n) is 6.19. The number of primary amides is 2. The lowest BCUT2D eigenvalue weighted by molar-refractivity contribution is -0.143. The fraction of sp³-hybridized carbons (Fsp3) is 0.640. The number of hydrogen-bond donors (Lipinski definition) is 13. The lowest BCUT2D eigenvalue weighted by Gasteiger charge is -2.26. The predicted octanol–water partition coefficient (Wildman–Crippen LogP) is -8.15. The molecule has 0 rings (SSSR count). The summed E-state index contributed by atoms with van der Waals surface area (Å²) in [5, 5.41) is 50.3. The summed E-state index contributed by atoms with van der Waals surface area (Å²) in [6, 6.07) is -11.1. The van der Waals surface area contributed by atoms with Gasteiger partial charge in [-0.15, -0.1) is 0 Å². The van der Waals surface area contributed by atoms with E-state index < -0.39 is 134 Å². The molecule has 0 aromatic heterocycles. The lowest BCUT2D eigenvalue weighted by Crippen LogP contribution is -2.61. The monoisotopic (exact) mass is 677 g/mol. The van der Waals surface area contributed by atoms with Gasteiger partial charge in [-0.3, -0.25) is 38.4 Å². The lowest BCUT2D eigenvalue weighted by atomic mass is 10.1. The molecule has 0 fully saturated rings. The van der Waals surface area contributed by atoms with Crippen LogP contribution in [0.5, 0.6) is 0 Å². The van der Waals surface area contributed by atoms with Crippen molar-refractivity contribution in [2.24, 2.45) is 17.2 Å². The van der Waals surface area contributed by atoms with Gasteiger partial charge in [0.1, 0.15) is 36.3 Å². The van der Waals surface area contributed by atoms with Crippen LogP contribution in [0, 0.1) is 0 Å². The van der Waals surface area contributed by atoms with Gasteiger partial charge in [-0.2, -0.15) is 0 Å². The maximum atomic E-state index is 13.1. The Labute approximate surface area is 267 Å². The molecule has 0 unspecified atom stereocenters. The van der Waals surface area contributed by atoms with Crippen LogP contribution >= 0.6 is 0 Å². The van der Waals surface area contributed by atoms with Crippen LogP contribution in [0.15, 0.2) is 0 Å². The van der Waals surface area contributed by atoms with Crippen LogP contribution < -0.4 is 49.1 Å². The number of aliphatic hydroxyl groups excluding tert-OH is 3. The summed E-state index contributed by atoms with van der Waals surface area (Å²) in [4.78, 5) is 110. The molecule has 0 saturated heterocycles. The Morgan fingerprint density at radius 3 is 1.51 bits per heavy atom. The van der Waals surface area contributed by atoms with Crippen molar-refractivity contribution >= 4 is 53.2 Å². The second kappa shape index (κ2) is 20.2. The maximum absolute atomic E-state index is 13.1. The maximum Gasteiger partial charge on any atom is 0.328 e. The van der Waals surface area contributed by atoms with Gasteiger partial charge in [0.15, 0.2) is 0 Å². The number of hydrogen-bond acceptors (Lipinski definition) is 13. The Kier molecular flexibility index (Phi) is 18.1. The van der Waals surface area contributed by atoms with E-state index in [4.69, 9.17) is 27.4 Å². The molecule has 0 aliphatic heterocycles. The number of carbonyl (C=O) groups is 9. The fourth-order valence-electron chi connectivity index (χ4n) is 3.52. The van der Waals surface area contributed by atoms with Gasteiger partial charge >= 0.3 is 5.97 Å². The van der Waals surface area contributed by atoms with E-state index in [0.29, 0.717) is 0 Å². The van der Waals surface area contributed by atoms with Crippen LogP contribution in [-0.2, 0) is 43.2 Å². The van der Waals surface area contributed by atoms with Crippen molar-refractivity contribution in [1.29, 1.82) is 0 Å². The summed E-state index contributed by atoms with van der Waals surface area (Å²) in [6.45, 7) is 1.55. The first-order valence-electron chi connectivity index (χ1n) is 14.0. The van der Waals surface area contributed by atoms with Crippen LogP contribution in [0.1, 0.15) is 40.0 Å². The number of rotatable bonds is 21. The van der Waals surface area contributed by atoms with Gasteiger partial charge in [0.2, 0.25) is 47.3 Å². The molecule has 0 heterocycles. The Bertz CT molecular complexity index is 1180. The number of nitrogens with one attached hydrogen (secondary N) is 6. The van der Waals surface area contributed by atoms with Crippen molar-refractivity contribution in [2.45, 2.75) is 88.4 Å². The first kappa shape index (κ1) is 42.1. The smallest absolute Gasteiger partial charge is 0.328 e. The Morgan fingerprint density at radius 2 is 1.06 bits per heavy atom. The van der Waals surface area contributed by atoms with Crippen LogP contribution in [0.4, 0.5) is 0 Å². The number of carboxylic acids is 1. The highest BCUT2D eigenvalue weighted by atomic mass is 16.4. The molecule has 8 amide bonds. The minimum absolute atomic E-state index is 0.448. The fourth-order valence-corrected chi connectivity index (χ4v) is 3.52. The molecule has 0 aliphatic rings. The van der Waals surface area contributed by atoms with E-state index in [1.165, 1.54) is 6.92 Å². The van der Waals surface area contributed by atoms with E-state index in [2.05, 4.69) is 26.6 Å². The number of amides is 8. The molecule has 0 bridgehead atoms. The average Bonchev–Trinajstić information content (AvgIpc) is 2.97. The van der Waals surface area contributed by atoms with Crippen LogP contribution in [0.3, 0.4) is 0 Å². The number of carboxylic acid groups (broad SMARTS) is 1. The zero-order valence-corrected chi connectivity index (χ0v) is 25.8. The second-order valence-electron chi connectivity index (χ2n) is 10.4. The van der Waals surface area contributed by atoms with E-state index in [0.717, 1.165) is 13.8 Å². The molecule has 0 saturated carbocycles. The van der Waals surface area contributed by atoms with E-state index in [1.54, 1.807) is 0 Å². The van der Waals surface area contributed by atoms with E-state index in [9.17, 15) is 53.4 Å². The van der Waals surface area contributed by atoms with Crippen molar-refractivity contribution in [1.82, 2.24) is 31.9 Å². The minimum Gasteiger partial charge on any atom is -0.480 e. The molecule has 22 heteroatoms. The van der Waals surface area contributed by atoms with Crippen molar-refractivity contribution in [3.63, 3.8) is 0 Å². The topological polar surface area (TPSA) is 385 Å². The van der Waals surface area contributed by atoms with Crippen LogP contribution in [0.2, 0.25) is 0 Å². The molecular weight excluding hydrogens is 634 g/mol. The van der Waals surface area contributed by atoms with Gasteiger partial charge in [-0.1, -0.05) is 0 Å². The van der Waals surface area contributed by atoms with Crippen molar-refractivity contribution in [2.75, 3.05) is 13.2 Å². The standard InChI is InChI=1S/C25H43N9O13/c1-9(26)19(40)34-18(11(3)37)24(45)32-14(7-35)23(44)31-13(6-17(28)39)22(43)30-12(4-5-16(27)38)21(42)29-10(2)20(41)33-15(8-36)25(46)47/h9-15,18,35-37H,4-8,26H2,1-3H3,(H2,27,38)(H2,28,39)(H,29,42)(H,30,43)(H,31,44)(H,32,45)(H,33,41)(H,34,40)(H,46,47)/t9-,10-,11+,12-,13-,14-,15-,18-/m0/s1. The molecule has 22 nitrogen and oxygen atoms in total. The molecule has 8 atom stereocenters. The van der Waals surface area contributed by atoms with Crippen molar-refractivity contribution in [3.05, 3.63) is 0 Å². The number of aliphatic hydroxyl groups is 3. The highest BCUT2D eigenvalue weighted by Gasteiger charge is 2.34. The largest absolute Gasteiger partial charge is 0.480 e. The quantitative estimate of drug-likeness (QED) is 0.0537. The first-order chi connectivity index (χ1) is 21.7. The van der Waals surface area contributed by atoms with Gasteiger partial charge in [0, 0.05) is 6.42 Å².